The van der Waals surface area contributed by atoms with Crippen molar-refractivity contribution in [3.63, 3.8) is 0 Å². The highest BCUT2D eigenvalue weighted by molar-refractivity contribution is 5.41. The van der Waals surface area contributed by atoms with Crippen LogP contribution < -0.4 is 10.5 Å². The van der Waals surface area contributed by atoms with Crippen LogP contribution in [0.1, 0.15) is 36.1 Å². The third kappa shape index (κ3) is 2.54. The molecule has 2 N–H and O–H groups in total. The molecule has 0 spiro atoms. The summed E-state index contributed by atoms with van der Waals surface area (Å²) in [4.78, 5) is 0. The fraction of sp³-hybridized carbons (Fsp3) is 0.294. The van der Waals surface area contributed by atoms with Crippen molar-refractivity contribution in [3.05, 3.63) is 58.9 Å². The standard InChI is InChI=1S/C17H18FNO/c1-11(19)13-6-8-17(16(18)10-13)20-15-7-5-12-3-2-4-14(12)9-15/h5-11H,2-4,19H2,1H3/t11-/m1/s1. The van der Waals surface area contributed by atoms with Gasteiger partial charge in [0.05, 0.1) is 0 Å². The van der Waals surface area contributed by atoms with Gasteiger partial charge in [-0.05, 0) is 67.1 Å². The Morgan fingerprint density at radius 1 is 1.10 bits per heavy atom. The summed E-state index contributed by atoms with van der Waals surface area (Å²) in [6, 6.07) is 10.7. The molecule has 3 heteroatoms. The molecule has 1 aliphatic rings. The summed E-state index contributed by atoms with van der Waals surface area (Å²) < 4.78 is 19.6. The van der Waals surface area contributed by atoms with Gasteiger partial charge in [-0.1, -0.05) is 12.1 Å². The van der Waals surface area contributed by atoms with Crippen LogP contribution in [0.25, 0.3) is 0 Å². The van der Waals surface area contributed by atoms with Gasteiger partial charge in [0, 0.05) is 6.04 Å². The van der Waals surface area contributed by atoms with Crippen molar-refractivity contribution in [3.8, 4) is 11.5 Å². The summed E-state index contributed by atoms with van der Waals surface area (Å²) in [5, 5.41) is 0. The van der Waals surface area contributed by atoms with Crippen molar-refractivity contribution in [2.24, 2.45) is 5.73 Å². The third-order valence-electron chi connectivity index (χ3n) is 3.78. The average molecular weight is 271 g/mol. The zero-order valence-electron chi connectivity index (χ0n) is 11.5. The molecule has 20 heavy (non-hydrogen) atoms. The normalized spacial score (nSPS) is 14.9. The molecule has 0 radical (unpaired) electrons. The molecule has 2 aromatic carbocycles. The van der Waals surface area contributed by atoms with Gasteiger partial charge in [0.25, 0.3) is 0 Å². The number of fused-ring (bicyclic) bond motifs is 1. The molecule has 3 rings (SSSR count). The van der Waals surface area contributed by atoms with E-state index in [-0.39, 0.29) is 17.6 Å². The summed E-state index contributed by atoms with van der Waals surface area (Å²) in [6.45, 7) is 1.83. The second kappa shape index (κ2) is 5.25. The molecule has 0 aromatic heterocycles. The van der Waals surface area contributed by atoms with Gasteiger partial charge in [-0.15, -0.1) is 0 Å². The Labute approximate surface area is 118 Å². The maximum absolute atomic E-state index is 14.0. The van der Waals surface area contributed by atoms with E-state index in [9.17, 15) is 4.39 Å². The lowest BCUT2D eigenvalue weighted by atomic mass is 10.1. The zero-order valence-corrected chi connectivity index (χ0v) is 11.5. The predicted molar refractivity (Wildman–Crippen MR) is 77.5 cm³/mol. The SMILES string of the molecule is C[C@@H](N)c1ccc(Oc2ccc3c(c2)CCC3)c(F)c1. The van der Waals surface area contributed by atoms with Crippen molar-refractivity contribution in [2.75, 3.05) is 0 Å². The first-order valence-electron chi connectivity index (χ1n) is 6.98. The monoisotopic (exact) mass is 271 g/mol. The Kier molecular flexibility index (Phi) is 3.45. The topological polar surface area (TPSA) is 35.2 Å². The molecule has 0 bridgehead atoms. The predicted octanol–water partition coefficient (Wildman–Crippen LogP) is 4.13. The van der Waals surface area contributed by atoms with E-state index < -0.39 is 0 Å². The number of benzene rings is 2. The Bertz CT molecular complexity index is 637. The van der Waals surface area contributed by atoms with Gasteiger partial charge in [-0.3, -0.25) is 0 Å². The van der Waals surface area contributed by atoms with Crippen molar-refractivity contribution >= 4 is 0 Å². The van der Waals surface area contributed by atoms with Gasteiger partial charge in [0.15, 0.2) is 11.6 Å². The van der Waals surface area contributed by atoms with Crippen LogP contribution in [0.4, 0.5) is 4.39 Å². The minimum absolute atomic E-state index is 0.182. The van der Waals surface area contributed by atoms with Crippen LogP contribution in [0.3, 0.4) is 0 Å². The molecule has 1 aliphatic carbocycles. The molecule has 0 amide bonds. The van der Waals surface area contributed by atoms with Crippen molar-refractivity contribution in [1.29, 1.82) is 0 Å². The van der Waals surface area contributed by atoms with Gasteiger partial charge in [-0.2, -0.15) is 0 Å². The highest BCUT2D eigenvalue weighted by atomic mass is 19.1. The van der Waals surface area contributed by atoms with Gasteiger partial charge in [0.2, 0.25) is 0 Å². The lowest BCUT2D eigenvalue weighted by Crippen LogP contribution is -2.05. The molecule has 0 unspecified atom stereocenters. The molecule has 0 saturated carbocycles. The smallest absolute Gasteiger partial charge is 0.166 e. The number of hydrogen-bond donors (Lipinski definition) is 1. The molecule has 104 valence electrons. The van der Waals surface area contributed by atoms with Crippen LogP contribution in [-0.4, -0.2) is 0 Å². The number of nitrogens with two attached hydrogens (primary N) is 1. The van der Waals surface area contributed by atoms with E-state index in [0.29, 0.717) is 5.75 Å². The van der Waals surface area contributed by atoms with Gasteiger partial charge in [-0.25, -0.2) is 4.39 Å². The quantitative estimate of drug-likeness (QED) is 0.911. The van der Waals surface area contributed by atoms with Crippen molar-refractivity contribution in [1.82, 2.24) is 0 Å². The molecular weight excluding hydrogens is 253 g/mol. The molecule has 2 nitrogen and oxygen atoms in total. The first-order chi connectivity index (χ1) is 9.63. The van der Waals surface area contributed by atoms with Gasteiger partial charge in [0.1, 0.15) is 5.75 Å². The molecule has 0 aliphatic heterocycles. The summed E-state index contributed by atoms with van der Waals surface area (Å²) in [5.41, 5.74) is 9.20. The Hall–Kier alpha value is -1.87. The lowest BCUT2D eigenvalue weighted by molar-refractivity contribution is 0.441. The molecule has 0 heterocycles. The fourth-order valence-corrected chi connectivity index (χ4v) is 2.62. The Morgan fingerprint density at radius 3 is 2.65 bits per heavy atom. The Balaban J connectivity index is 1.84. The summed E-state index contributed by atoms with van der Waals surface area (Å²) in [7, 11) is 0. The van der Waals surface area contributed by atoms with Gasteiger partial charge < -0.3 is 10.5 Å². The maximum atomic E-state index is 14.0. The minimum atomic E-state index is -0.375. The molecule has 0 fully saturated rings. The summed E-state index contributed by atoms with van der Waals surface area (Å²) >= 11 is 0. The first kappa shape index (κ1) is 13.1. The lowest BCUT2D eigenvalue weighted by Gasteiger charge is -2.11. The van der Waals surface area contributed by atoms with Crippen LogP contribution in [0.15, 0.2) is 36.4 Å². The second-order valence-corrected chi connectivity index (χ2v) is 5.36. The largest absolute Gasteiger partial charge is 0.454 e. The maximum Gasteiger partial charge on any atom is 0.166 e. The van der Waals surface area contributed by atoms with E-state index in [1.807, 2.05) is 19.1 Å². The molecule has 2 aromatic rings. The van der Waals surface area contributed by atoms with Crippen LogP contribution in [-0.2, 0) is 12.8 Å². The van der Waals surface area contributed by atoms with E-state index in [2.05, 4.69) is 6.07 Å². The Morgan fingerprint density at radius 2 is 1.90 bits per heavy atom. The summed E-state index contributed by atoms with van der Waals surface area (Å²) in [6.07, 6.45) is 3.40. The minimum Gasteiger partial charge on any atom is -0.454 e. The van der Waals surface area contributed by atoms with Crippen molar-refractivity contribution in [2.45, 2.75) is 32.2 Å². The highest BCUT2D eigenvalue weighted by Gasteiger charge is 2.13. The number of rotatable bonds is 3. The third-order valence-corrected chi connectivity index (χ3v) is 3.78. The van der Waals surface area contributed by atoms with Crippen LogP contribution in [0.5, 0.6) is 11.5 Å². The van der Waals surface area contributed by atoms with Gasteiger partial charge >= 0.3 is 0 Å². The van der Waals surface area contributed by atoms with Crippen LogP contribution in [0, 0.1) is 5.82 Å². The van der Waals surface area contributed by atoms with Crippen LogP contribution >= 0.6 is 0 Å². The van der Waals surface area contributed by atoms with Crippen LogP contribution in [0.2, 0.25) is 0 Å². The van der Waals surface area contributed by atoms with E-state index in [4.69, 9.17) is 10.5 Å². The highest BCUT2D eigenvalue weighted by Crippen LogP contribution is 2.30. The molecule has 1 atom stereocenters. The second-order valence-electron chi connectivity index (χ2n) is 5.36. The number of aryl methyl sites for hydroxylation is 2. The summed E-state index contributed by atoms with van der Waals surface area (Å²) in [5.74, 6) is 0.561. The molecule has 0 saturated heterocycles. The number of ether oxygens (including phenoxy) is 1. The van der Waals surface area contributed by atoms with E-state index in [0.717, 1.165) is 18.4 Å². The zero-order chi connectivity index (χ0) is 14.1. The number of hydrogen-bond acceptors (Lipinski definition) is 2. The number of halogens is 1. The van der Waals surface area contributed by atoms with Crippen molar-refractivity contribution < 1.29 is 9.13 Å². The average Bonchev–Trinajstić information content (AvgIpc) is 2.88. The first-order valence-corrected chi connectivity index (χ1v) is 6.98. The molecular formula is C17H18FNO. The fourth-order valence-electron chi connectivity index (χ4n) is 2.62. The van der Waals surface area contributed by atoms with E-state index in [1.165, 1.54) is 23.6 Å². The van der Waals surface area contributed by atoms with E-state index >= 15 is 0 Å². The van der Waals surface area contributed by atoms with E-state index in [1.54, 1.807) is 12.1 Å².